The highest BCUT2D eigenvalue weighted by molar-refractivity contribution is 5.39. The summed E-state index contributed by atoms with van der Waals surface area (Å²) in [5.41, 5.74) is 0. The lowest BCUT2D eigenvalue weighted by atomic mass is 10.2. The smallest absolute Gasteiger partial charge is 0.322 e. The highest BCUT2D eigenvalue weighted by Crippen LogP contribution is 2.22. The van der Waals surface area contributed by atoms with E-state index >= 15 is 0 Å². The Morgan fingerprint density at radius 2 is 2.00 bits per heavy atom. The van der Waals surface area contributed by atoms with E-state index < -0.39 is 0 Å². The van der Waals surface area contributed by atoms with Crippen LogP contribution in [0.1, 0.15) is 27.2 Å². The highest BCUT2D eigenvalue weighted by atomic mass is 16.5. The van der Waals surface area contributed by atoms with E-state index in [2.05, 4.69) is 43.9 Å². The Hall–Kier alpha value is -1.63. The van der Waals surface area contributed by atoms with Crippen LogP contribution < -0.4 is 15.0 Å². The number of ether oxygens (including phenoxy) is 1. The molecule has 1 N–H and O–H groups in total. The molecule has 0 aliphatic carbocycles. The summed E-state index contributed by atoms with van der Waals surface area (Å²) < 4.78 is 5.18. The summed E-state index contributed by atoms with van der Waals surface area (Å²) in [7, 11) is 1.58. The average molecular weight is 294 g/mol. The second-order valence-corrected chi connectivity index (χ2v) is 5.09. The second kappa shape index (κ2) is 7.40. The number of rotatable bonds is 7. The number of anilines is 2. The highest BCUT2D eigenvalue weighted by Gasteiger charge is 2.28. The van der Waals surface area contributed by atoms with E-state index in [1.807, 2.05) is 6.92 Å². The molecular formula is C14H26N6O. The SMILES string of the molecule is CCNc1nc(OC)nc(N2CCC(N(CC)CC)C2)n1. The second-order valence-electron chi connectivity index (χ2n) is 5.09. The molecule has 2 rings (SSSR count). The fourth-order valence-electron chi connectivity index (χ4n) is 2.78. The first-order chi connectivity index (χ1) is 10.2. The molecule has 0 bridgehead atoms. The molecule has 1 aliphatic rings. The van der Waals surface area contributed by atoms with E-state index in [9.17, 15) is 0 Å². The predicted octanol–water partition coefficient (Wildman–Crippen LogP) is 1.23. The van der Waals surface area contributed by atoms with Gasteiger partial charge < -0.3 is 15.0 Å². The molecule has 1 saturated heterocycles. The Morgan fingerprint density at radius 1 is 1.24 bits per heavy atom. The van der Waals surface area contributed by atoms with Crippen LogP contribution >= 0.6 is 0 Å². The maximum Gasteiger partial charge on any atom is 0.322 e. The van der Waals surface area contributed by atoms with Crippen molar-refractivity contribution in [3.8, 4) is 6.01 Å². The van der Waals surface area contributed by atoms with Crippen LogP contribution in [0.15, 0.2) is 0 Å². The van der Waals surface area contributed by atoms with Crippen LogP contribution in [0.25, 0.3) is 0 Å². The monoisotopic (exact) mass is 294 g/mol. The van der Waals surface area contributed by atoms with Crippen molar-refractivity contribution in [3.63, 3.8) is 0 Å². The van der Waals surface area contributed by atoms with Gasteiger partial charge in [-0.15, -0.1) is 0 Å². The van der Waals surface area contributed by atoms with Crippen LogP contribution in [0.4, 0.5) is 11.9 Å². The van der Waals surface area contributed by atoms with Gasteiger partial charge in [0.2, 0.25) is 11.9 Å². The Balaban J connectivity index is 2.13. The van der Waals surface area contributed by atoms with E-state index in [1.165, 1.54) is 0 Å². The van der Waals surface area contributed by atoms with Crippen molar-refractivity contribution < 1.29 is 4.74 Å². The zero-order chi connectivity index (χ0) is 15.2. The van der Waals surface area contributed by atoms with Gasteiger partial charge in [0.15, 0.2) is 0 Å². The number of likely N-dealkylation sites (N-methyl/N-ethyl adjacent to an activating group) is 1. The summed E-state index contributed by atoms with van der Waals surface area (Å²) in [5, 5.41) is 3.12. The van der Waals surface area contributed by atoms with E-state index in [-0.39, 0.29) is 0 Å². The zero-order valence-corrected chi connectivity index (χ0v) is 13.5. The molecule has 7 nitrogen and oxygen atoms in total. The molecule has 1 aliphatic heterocycles. The Labute approximate surface area is 126 Å². The fraction of sp³-hybridized carbons (Fsp3) is 0.786. The molecule has 1 aromatic heterocycles. The topological polar surface area (TPSA) is 66.4 Å². The maximum absolute atomic E-state index is 5.18. The summed E-state index contributed by atoms with van der Waals surface area (Å²) in [6.45, 7) is 11.3. The molecular weight excluding hydrogens is 268 g/mol. The molecule has 1 unspecified atom stereocenters. The van der Waals surface area contributed by atoms with Gasteiger partial charge in [0.1, 0.15) is 0 Å². The van der Waals surface area contributed by atoms with Gasteiger partial charge in [-0.25, -0.2) is 0 Å². The van der Waals surface area contributed by atoms with Gasteiger partial charge in [-0.1, -0.05) is 13.8 Å². The number of hydrogen-bond acceptors (Lipinski definition) is 7. The van der Waals surface area contributed by atoms with Crippen LogP contribution in [0.3, 0.4) is 0 Å². The molecule has 1 aromatic rings. The van der Waals surface area contributed by atoms with E-state index in [0.717, 1.165) is 39.1 Å². The Kier molecular flexibility index (Phi) is 5.55. The fourth-order valence-corrected chi connectivity index (χ4v) is 2.78. The van der Waals surface area contributed by atoms with Crippen molar-refractivity contribution in [2.24, 2.45) is 0 Å². The van der Waals surface area contributed by atoms with Crippen LogP contribution in [-0.4, -0.2) is 65.7 Å². The maximum atomic E-state index is 5.18. The van der Waals surface area contributed by atoms with Gasteiger partial charge in [0.25, 0.3) is 0 Å². The van der Waals surface area contributed by atoms with E-state index in [0.29, 0.717) is 23.9 Å². The zero-order valence-electron chi connectivity index (χ0n) is 13.5. The van der Waals surface area contributed by atoms with Crippen molar-refractivity contribution in [1.82, 2.24) is 19.9 Å². The van der Waals surface area contributed by atoms with Crippen LogP contribution in [0.5, 0.6) is 6.01 Å². The molecule has 0 aromatic carbocycles. The molecule has 0 radical (unpaired) electrons. The minimum absolute atomic E-state index is 0.363. The Bertz CT molecular complexity index is 451. The average Bonchev–Trinajstić information content (AvgIpc) is 2.98. The van der Waals surface area contributed by atoms with E-state index in [1.54, 1.807) is 7.11 Å². The molecule has 1 atom stereocenters. The van der Waals surface area contributed by atoms with Gasteiger partial charge in [-0.2, -0.15) is 15.0 Å². The summed E-state index contributed by atoms with van der Waals surface area (Å²) in [4.78, 5) is 17.8. The van der Waals surface area contributed by atoms with Crippen LogP contribution in [0, 0.1) is 0 Å². The molecule has 2 heterocycles. The molecule has 0 amide bonds. The molecule has 0 spiro atoms. The summed E-state index contributed by atoms with van der Waals surface area (Å²) >= 11 is 0. The van der Waals surface area contributed by atoms with Crippen molar-refractivity contribution in [1.29, 1.82) is 0 Å². The molecule has 21 heavy (non-hydrogen) atoms. The van der Waals surface area contributed by atoms with Crippen molar-refractivity contribution in [2.45, 2.75) is 33.2 Å². The number of methoxy groups -OCH3 is 1. The molecule has 7 heteroatoms. The summed E-state index contributed by atoms with van der Waals surface area (Å²) in [5.74, 6) is 1.28. The van der Waals surface area contributed by atoms with Crippen molar-refractivity contribution in [2.75, 3.05) is 50.1 Å². The van der Waals surface area contributed by atoms with Gasteiger partial charge in [0, 0.05) is 25.7 Å². The lowest BCUT2D eigenvalue weighted by Gasteiger charge is -2.26. The van der Waals surface area contributed by atoms with Gasteiger partial charge in [0.05, 0.1) is 7.11 Å². The Morgan fingerprint density at radius 3 is 2.62 bits per heavy atom. The first-order valence-corrected chi connectivity index (χ1v) is 7.74. The van der Waals surface area contributed by atoms with Gasteiger partial charge in [-0.3, -0.25) is 4.90 Å². The number of aromatic nitrogens is 3. The predicted molar refractivity (Wildman–Crippen MR) is 84.1 cm³/mol. The number of nitrogens with zero attached hydrogens (tertiary/aromatic N) is 5. The minimum atomic E-state index is 0.363. The standard InChI is InChI=1S/C14H26N6O/c1-5-15-12-16-13(18-14(17-12)21-4)20-9-8-11(10-20)19(6-2)7-3/h11H,5-10H2,1-4H3,(H,15,16,17,18). The quantitative estimate of drug-likeness (QED) is 0.811. The first-order valence-electron chi connectivity index (χ1n) is 7.74. The van der Waals surface area contributed by atoms with Crippen molar-refractivity contribution >= 4 is 11.9 Å². The third-order valence-corrected chi connectivity index (χ3v) is 3.90. The van der Waals surface area contributed by atoms with Crippen molar-refractivity contribution in [3.05, 3.63) is 0 Å². The van der Waals surface area contributed by atoms with Gasteiger partial charge in [-0.05, 0) is 26.4 Å². The summed E-state index contributed by atoms with van der Waals surface area (Å²) in [6.07, 6.45) is 1.15. The largest absolute Gasteiger partial charge is 0.467 e. The number of nitrogens with one attached hydrogen (secondary N) is 1. The normalized spacial score (nSPS) is 18.3. The molecule has 1 fully saturated rings. The van der Waals surface area contributed by atoms with Crippen LogP contribution in [0.2, 0.25) is 0 Å². The lowest BCUT2D eigenvalue weighted by Crippen LogP contribution is -2.37. The molecule has 118 valence electrons. The van der Waals surface area contributed by atoms with Gasteiger partial charge >= 0.3 is 6.01 Å². The lowest BCUT2D eigenvalue weighted by molar-refractivity contribution is 0.232. The summed E-state index contributed by atoms with van der Waals surface area (Å²) in [6, 6.07) is 0.938. The number of hydrogen-bond donors (Lipinski definition) is 1. The van der Waals surface area contributed by atoms with Crippen LogP contribution in [-0.2, 0) is 0 Å². The third kappa shape index (κ3) is 3.72. The molecule has 0 saturated carbocycles. The minimum Gasteiger partial charge on any atom is -0.467 e. The third-order valence-electron chi connectivity index (χ3n) is 3.90. The van der Waals surface area contributed by atoms with E-state index in [4.69, 9.17) is 4.74 Å². The first kappa shape index (κ1) is 15.8.